The summed E-state index contributed by atoms with van der Waals surface area (Å²) in [5, 5.41) is 0. The topological polar surface area (TPSA) is 17.1 Å². The number of carbonyl (C=O) groups is 1. The van der Waals surface area contributed by atoms with Crippen molar-refractivity contribution in [2.75, 3.05) is 0 Å². The minimum absolute atomic E-state index is 0.251. The molecule has 1 aromatic carbocycles. The van der Waals surface area contributed by atoms with Gasteiger partial charge in [-0.25, -0.2) is 0 Å². The fourth-order valence-corrected chi connectivity index (χ4v) is 1.74. The molecule has 0 aliphatic carbocycles. The average molecular weight is 284 g/mol. The van der Waals surface area contributed by atoms with Crippen molar-refractivity contribution < 1.29 is 31.1 Å². The number of benzene rings is 1. The first-order valence-electron chi connectivity index (χ1n) is 5.30. The summed E-state index contributed by atoms with van der Waals surface area (Å²) >= 11 is 0. The van der Waals surface area contributed by atoms with E-state index in [1.807, 2.05) is 0 Å². The first kappa shape index (κ1) is 15.5. The molecular weight excluding hydrogens is 274 g/mol. The molecule has 0 saturated heterocycles. The summed E-state index contributed by atoms with van der Waals surface area (Å²) in [6.07, 6.45) is -10.5. The molecule has 0 aliphatic rings. The SMILES string of the molecule is CCc1cc(C(C)=O)cc(C(F)(F)F)c1C(F)(F)F. The second-order valence-corrected chi connectivity index (χ2v) is 3.96. The Bertz CT molecular complexity index is 498. The zero-order chi connectivity index (χ0) is 15.0. The molecule has 0 spiro atoms. The molecule has 0 fully saturated rings. The number of carbonyl (C=O) groups excluding carboxylic acids is 1. The number of halogens is 6. The second-order valence-electron chi connectivity index (χ2n) is 3.96. The molecule has 0 radical (unpaired) electrons. The number of aryl methyl sites for hydroxylation is 1. The van der Waals surface area contributed by atoms with E-state index in [0.29, 0.717) is 0 Å². The fraction of sp³-hybridized carbons (Fsp3) is 0.417. The Balaban J connectivity index is 3.73. The van der Waals surface area contributed by atoms with Gasteiger partial charge in [0.05, 0.1) is 11.1 Å². The van der Waals surface area contributed by atoms with Crippen molar-refractivity contribution in [2.24, 2.45) is 0 Å². The summed E-state index contributed by atoms with van der Waals surface area (Å²) in [6, 6.07) is 1.12. The van der Waals surface area contributed by atoms with Gasteiger partial charge in [-0.1, -0.05) is 6.92 Å². The summed E-state index contributed by atoms with van der Waals surface area (Å²) in [5.41, 5.74) is -4.44. The molecule has 0 aliphatic heterocycles. The van der Waals surface area contributed by atoms with Crippen LogP contribution in [0.2, 0.25) is 0 Å². The van der Waals surface area contributed by atoms with Crippen LogP contribution in [0.5, 0.6) is 0 Å². The summed E-state index contributed by atoms with van der Waals surface area (Å²) < 4.78 is 76.5. The van der Waals surface area contributed by atoms with Crippen molar-refractivity contribution in [3.63, 3.8) is 0 Å². The summed E-state index contributed by atoms with van der Waals surface area (Å²) in [4.78, 5) is 11.1. The molecule has 19 heavy (non-hydrogen) atoms. The van der Waals surface area contributed by atoms with E-state index >= 15 is 0 Å². The third-order valence-corrected chi connectivity index (χ3v) is 2.60. The number of ketones is 1. The van der Waals surface area contributed by atoms with Gasteiger partial charge in [0.2, 0.25) is 0 Å². The molecule has 1 nitrogen and oxygen atoms in total. The van der Waals surface area contributed by atoms with Gasteiger partial charge in [-0.3, -0.25) is 4.79 Å². The van der Waals surface area contributed by atoms with Crippen LogP contribution in [0.15, 0.2) is 12.1 Å². The number of Topliss-reactive ketones (excluding diaryl/α,β-unsaturated/α-hetero) is 1. The lowest BCUT2D eigenvalue weighted by atomic mass is 9.94. The maximum Gasteiger partial charge on any atom is 0.417 e. The Kier molecular flexibility index (Phi) is 3.97. The van der Waals surface area contributed by atoms with E-state index < -0.39 is 34.8 Å². The molecular formula is C12H10F6O. The quantitative estimate of drug-likeness (QED) is 0.577. The third-order valence-electron chi connectivity index (χ3n) is 2.60. The van der Waals surface area contributed by atoms with Gasteiger partial charge in [-0.2, -0.15) is 26.3 Å². The van der Waals surface area contributed by atoms with E-state index in [9.17, 15) is 31.1 Å². The fourth-order valence-electron chi connectivity index (χ4n) is 1.74. The van der Waals surface area contributed by atoms with Gasteiger partial charge in [0, 0.05) is 5.56 Å². The minimum atomic E-state index is -5.17. The lowest BCUT2D eigenvalue weighted by molar-refractivity contribution is -0.162. The molecule has 0 bridgehead atoms. The van der Waals surface area contributed by atoms with E-state index in [4.69, 9.17) is 0 Å². The van der Waals surface area contributed by atoms with Crippen LogP contribution < -0.4 is 0 Å². The lowest BCUT2D eigenvalue weighted by Crippen LogP contribution is -2.20. The standard InChI is InChI=1S/C12H10F6O/c1-3-7-4-8(6(2)19)5-9(11(13,14)15)10(7)12(16,17)18/h4-5H,3H2,1-2H3. The predicted molar refractivity (Wildman–Crippen MR) is 55.8 cm³/mol. The molecule has 0 saturated carbocycles. The van der Waals surface area contributed by atoms with Gasteiger partial charge in [0.15, 0.2) is 5.78 Å². The van der Waals surface area contributed by atoms with Crippen LogP contribution >= 0.6 is 0 Å². The van der Waals surface area contributed by atoms with E-state index in [0.717, 1.165) is 13.0 Å². The molecule has 0 amide bonds. The monoisotopic (exact) mass is 284 g/mol. The van der Waals surface area contributed by atoms with Gasteiger partial charge < -0.3 is 0 Å². The van der Waals surface area contributed by atoms with Crippen molar-refractivity contribution in [1.82, 2.24) is 0 Å². The van der Waals surface area contributed by atoms with Crippen LogP contribution in [-0.4, -0.2) is 5.78 Å². The third kappa shape index (κ3) is 3.27. The van der Waals surface area contributed by atoms with E-state index in [2.05, 4.69) is 0 Å². The summed E-state index contributed by atoms with van der Waals surface area (Å²) in [5.74, 6) is -0.714. The van der Waals surface area contributed by atoms with Crippen LogP contribution in [0.4, 0.5) is 26.3 Å². The molecule has 1 aromatic rings. The Morgan fingerprint density at radius 1 is 1.05 bits per heavy atom. The highest BCUT2D eigenvalue weighted by atomic mass is 19.4. The van der Waals surface area contributed by atoms with Gasteiger partial charge in [-0.15, -0.1) is 0 Å². The van der Waals surface area contributed by atoms with Crippen LogP contribution in [0.3, 0.4) is 0 Å². The molecule has 106 valence electrons. The highest BCUT2D eigenvalue weighted by Crippen LogP contribution is 2.42. The molecule has 0 N–H and O–H groups in total. The number of alkyl halides is 6. The van der Waals surface area contributed by atoms with Crippen LogP contribution in [-0.2, 0) is 18.8 Å². The minimum Gasteiger partial charge on any atom is -0.295 e. The maximum atomic E-state index is 12.8. The molecule has 0 aromatic heterocycles. The molecule has 1 rings (SSSR count). The highest BCUT2D eigenvalue weighted by Gasteiger charge is 2.44. The van der Waals surface area contributed by atoms with Gasteiger partial charge in [-0.05, 0) is 31.0 Å². The predicted octanol–water partition coefficient (Wildman–Crippen LogP) is 4.49. The largest absolute Gasteiger partial charge is 0.417 e. The van der Waals surface area contributed by atoms with E-state index in [1.165, 1.54) is 6.92 Å². The van der Waals surface area contributed by atoms with E-state index in [-0.39, 0.29) is 18.1 Å². The van der Waals surface area contributed by atoms with E-state index in [1.54, 1.807) is 0 Å². The smallest absolute Gasteiger partial charge is 0.295 e. The Morgan fingerprint density at radius 2 is 1.58 bits per heavy atom. The first-order valence-corrected chi connectivity index (χ1v) is 5.30. The van der Waals surface area contributed by atoms with Crippen molar-refractivity contribution in [3.8, 4) is 0 Å². The van der Waals surface area contributed by atoms with Gasteiger partial charge in [0.25, 0.3) is 0 Å². The maximum absolute atomic E-state index is 12.8. The first-order chi connectivity index (χ1) is 8.48. The summed E-state index contributed by atoms with van der Waals surface area (Å²) in [7, 11) is 0. The van der Waals surface area contributed by atoms with Gasteiger partial charge >= 0.3 is 12.4 Å². The van der Waals surface area contributed by atoms with Crippen molar-refractivity contribution in [3.05, 3.63) is 34.4 Å². The Morgan fingerprint density at radius 3 is 1.89 bits per heavy atom. The molecule has 0 heterocycles. The van der Waals surface area contributed by atoms with Crippen LogP contribution in [0.25, 0.3) is 0 Å². The highest BCUT2D eigenvalue weighted by molar-refractivity contribution is 5.94. The molecule has 7 heteroatoms. The number of hydrogen-bond donors (Lipinski definition) is 0. The van der Waals surface area contributed by atoms with Gasteiger partial charge in [0.1, 0.15) is 0 Å². The number of hydrogen-bond acceptors (Lipinski definition) is 1. The van der Waals surface area contributed by atoms with Crippen LogP contribution in [0, 0.1) is 0 Å². The summed E-state index contributed by atoms with van der Waals surface area (Å²) in [6.45, 7) is 2.30. The Labute approximate surface area is 105 Å². The molecule has 0 unspecified atom stereocenters. The molecule has 0 atom stereocenters. The Hall–Kier alpha value is -1.53. The zero-order valence-corrected chi connectivity index (χ0v) is 10.0. The normalized spacial score (nSPS) is 12.6. The van der Waals surface area contributed by atoms with Crippen molar-refractivity contribution in [2.45, 2.75) is 32.6 Å². The van der Waals surface area contributed by atoms with Crippen LogP contribution in [0.1, 0.15) is 40.9 Å². The number of rotatable bonds is 2. The lowest BCUT2D eigenvalue weighted by Gasteiger charge is -2.19. The zero-order valence-electron chi connectivity index (χ0n) is 10.0. The van der Waals surface area contributed by atoms with Crippen molar-refractivity contribution >= 4 is 5.78 Å². The second kappa shape index (κ2) is 4.86. The average Bonchev–Trinajstić information content (AvgIpc) is 2.24. The van der Waals surface area contributed by atoms with Crippen molar-refractivity contribution in [1.29, 1.82) is 0 Å².